The van der Waals surface area contributed by atoms with E-state index in [2.05, 4.69) is 26.6 Å². The molecule has 0 aromatic heterocycles. The molecule has 0 aliphatic carbocycles. The van der Waals surface area contributed by atoms with Gasteiger partial charge in [0.15, 0.2) is 6.61 Å². The van der Waals surface area contributed by atoms with Crippen molar-refractivity contribution in [1.29, 1.82) is 0 Å². The molecule has 2 amide bonds. The molecule has 0 atom stereocenters. The van der Waals surface area contributed by atoms with Gasteiger partial charge in [-0.3, -0.25) is 9.59 Å². The number of halogens is 3. The van der Waals surface area contributed by atoms with Gasteiger partial charge in [0.1, 0.15) is 10.8 Å². The van der Waals surface area contributed by atoms with E-state index < -0.39 is 5.91 Å². The summed E-state index contributed by atoms with van der Waals surface area (Å²) in [5, 5.41) is 5.71. The van der Waals surface area contributed by atoms with Crippen LogP contribution < -0.4 is 15.4 Å². The highest BCUT2D eigenvalue weighted by molar-refractivity contribution is 9.10. The highest BCUT2D eigenvalue weighted by Gasteiger charge is 2.10. The topological polar surface area (TPSA) is 67.4 Å². The van der Waals surface area contributed by atoms with Gasteiger partial charge in [0.25, 0.3) is 5.91 Å². The first-order chi connectivity index (χ1) is 11.5. The molecule has 126 valence electrons. The van der Waals surface area contributed by atoms with Crippen LogP contribution in [-0.2, 0) is 9.59 Å². The molecule has 0 radical (unpaired) electrons. The van der Waals surface area contributed by atoms with Crippen LogP contribution in [0.5, 0.6) is 5.75 Å². The van der Waals surface area contributed by atoms with Crippen LogP contribution in [-0.4, -0.2) is 25.0 Å². The van der Waals surface area contributed by atoms with E-state index in [1.807, 2.05) is 6.07 Å². The highest BCUT2D eigenvalue weighted by atomic mass is 79.9. The molecule has 0 fully saturated rings. The number of amides is 2. The molecule has 0 unspecified atom stereocenters. The molecule has 0 saturated carbocycles. The first-order valence-corrected chi connectivity index (χ1v) is 8.40. The Bertz CT molecular complexity index is 756. The molecule has 0 saturated heterocycles. The van der Waals surface area contributed by atoms with Gasteiger partial charge < -0.3 is 15.4 Å². The Labute approximate surface area is 157 Å². The lowest BCUT2D eigenvalue weighted by Crippen LogP contribution is -2.35. The molecule has 0 heterocycles. The van der Waals surface area contributed by atoms with Crippen molar-refractivity contribution >= 4 is 56.6 Å². The lowest BCUT2D eigenvalue weighted by atomic mass is 10.3. The molecule has 0 aliphatic heterocycles. The Morgan fingerprint density at radius 1 is 1.04 bits per heavy atom. The third-order valence-corrected chi connectivity index (χ3v) is 4.36. The number of para-hydroxylation sites is 1. The van der Waals surface area contributed by atoms with Gasteiger partial charge in [-0.1, -0.05) is 41.4 Å². The van der Waals surface area contributed by atoms with Crippen molar-refractivity contribution in [2.24, 2.45) is 0 Å². The van der Waals surface area contributed by atoms with Gasteiger partial charge in [0.2, 0.25) is 5.91 Å². The molecule has 2 rings (SSSR count). The zero-order valence-corrected chi connectivity index (χ0v) is 15.4. The summed E-state index contributed by atoms with van der Waals surface area (Å²) in [5.41, 5.74) is 0.624. The zero-order valence-electron chi connectivity index (χ0n) is 12.3. The number of ether oxygens (including phenoxy) is 1. The maximum Gasteiger partial charge on any atom is 0.258 e. The Morgan fingerprint density at radius 3 is 2.54 bits per heavy atom. The molecular formula is C16H13BrCl2N2O3. The van der Waals surface area contributed by atoms with Gasteiger partial charge in [0.05, 0.1) is 17.3 Å². The third-order valence-electron chi connectivity index (χ3n) is 2.87. The second-order valence-electron chi connectivity index (χ2n) is 4.65. The molecule has 2 aromatic rings. The molecule has 0 bridgehead atoms. The minimum absolute atomic E-state index is 0.174. The summed E-state index contributed by atoms with van der Waals surface area (Å²) >= 11 is 15.1. The summed E-state index contributed by atoms with van der Waals surface area (Å²) in [6.07, 6.45) is 0. The van der Waals surface area contributed by atoms with Crippen molar-refractivity contribution in [2.45, 2.75) is 0 Å². The molecule has 2 aromatic carbocycles. The van der Waals surface area contributed by atoms with Crippen molar-refractivity contribution in [2.75, 3.05) is 18.5 Å². The van der Waals surface area contributed by atoms with Gasteiger partial charge in [-0.2, -0.15) is 0 Å². The van der Waals surface area contributed by atoms with E-state index >= 15 is 0 Å². The van der Waals surface area contributed by atoms with E-state index in [1.165, 1.54) is 0 Å². The lowest BCUT2D eigenvalue weighted by molar-refractivity contribution is -0.125. The summed E-state index contributed by atoms with van der Waals surface area (Å²) in [4.78, 5) is 23.6. The van der Waals surface area contributed by atoms with E-state index in [0.29, 0.717) is 16.5 Å². The van der Waals surface area contributed by atoms with Gasteiger partial charge in [0, 0.05) is 4.47 Å². The number of hydrogen-bond donors (Lipinski definition) is 2. The number of benzene rings is 2. The maximum atomic E-state index is 11.8. The normalized spacial score (nSPS) is 10.1. The molecule has 0 aliphatic rings. The first kappa shape index (κ1) is 18.6. The largest absolute Gasteiger partial charge is 0.482 e. The van der Waals surface area contributed by atoms with E-state index in [9.17, 15) is 9.59 Å². The fourth-order valence-corrected chi connectivity index (χ4v) is 2.46. The molecule has 24 heavy (non-hydrogen) atoms. The minimum Gasteiger partial charge on any atom is -0.482 e. The van der Waals surface area contributed by atoms with Gasteiger partial charge in [-0.05, 0) is 40.2 Å². The Hall–Kier alpha value is -1.76. The second kappa shape index (κ2) is 8.92. The Balaban J connectivity index is 1.78. The van der Waals surface area contributed by atoms with Crippen LogP contribution in [0.4, 0.5) is 5.69 Å². The lowest BCUT2D eigenvalue weighted by Gasteiger charge is -2.10. The molecule has 2 N–H and O–H groups in total. The second-order valence-corrected chi connectivity index (χ2v) is 6.28. The molecule has 5 nitrogen and oxygen atoms in total. The standard InChI is InChI=1S/C16H13BrCl2N2O3/c17-10-4-1-2-6-12(10)21-14(22)8-20-15(23)9-24-13-7-3-5-11(18)16(13)19/h1-7H,8-9H2,(H,20,23)(H,21,22). The molecular weight excluding hydrogens is 419 g/mol. The average Bonchev–Trinajstić information content (AvgIpc) is 2.56. The van der Waals surface area contributed by atoms with Crippen molar-refractivity contribution in [3.8, 4) is 5.75 Å². The van der Waals surface area contributed by atoms with Crippen LogP contribution in [0.25, 0.3) is 0 Å². The minimum atomic E-state index is -0.451. The maximum absolute atomic E-state index is 11.8. The number of carbonyl (C=O) groups excluding carboxylic acids is 2. The van der Waals surface area contributed by atoms with Crippen molar-refractivity contribution in [3.63, 3.8) is 0 Å². The summed E-state index contributed by atoms with van der Waals surface area (Å²) < 4.78 is 6.03. The fraction of sp³-hybridized carbons (Fsp3) is 0.125. The van der Waals surface area contributed by atoms with Crippen LogP contribution in [0.2, 0.25) is 10.0 Å². The van der Waals surface area contributed by atoms with Crippen LogP contribution in [0.3, 0.4) is 0 Å². The van der Waals surface area contributed by atoms with Crippen LogP contribution in [0, 0.1) is 0 Å². The monoisotopic (exact) mass is 430 g/mol. The van der Waals surface area contributed by atoms with Crippen molar-refractivity contribution in [3.05, 3.63) is 57.0 Å². The van der Waals surface area contributed by atoms with Crippen LogP contribution >= 0.6 is 39.1 Å². The summed E-state index contributed by atoms with van der Waals surface area (Å²) in [7, 11) is 0. The first-order valence-electron chi connectivity index (χ1n) is 6.85. The zero-order chi connectivity index (χ0) is 17.5. The fourth-order valence-electron chi connectivity index (χ4n) is 1.73. The smallest absolute Gasteiger partial charge is 0.258 e. The Morgan fingerprint density at radius 2 is 1.79 bits per heavy atom. The van der Waals surface area contributed by atoms with Gasteiger partial charge in [-0.25, -0.2) is 0 Å². The van der Waals surface area contributed by atoms with Crippen LogP contribution in [0.15, 0.2) is 46.9 Å². The predicted molar refractivity (Wildman–Crippen MR) is 97.7 cm³/mol. The summed E-state index contributed by atoms with van der Waals surface area (Å²) in [5.74, 6) is -0.499. The average molecular weight is 432 g/mol. The number of rotatable bonds is 6. The SMILES string of the molecule is O=C(COc1cccc(Cl)c1Cl)NCC(=O)Nc1ccccc1Br. The number of nitrogens with one attached hydrogen (secondary N) is 2. The number of hydrogen-bond acceptors (Lipinski definition) is 3. The number of anilines is 1. The molecule has 8 heteroatoms. The number of carbonyl (C=O) groups is 2. The summed E-state index contributed by atoms with van der Waals surface area (Å²) in [6, 6.07) is 12.0. The van der Waals surface area contributed by atoms with Crippen molar-refractivity contribution < 1.29 is 14.3 Å². The quantitative estimate of drug-likeness (QED) is 0.728. The highest BCUT2D eigenvalue weighted by Crippen LogP contribution is 2.31. The van der Waals surface area contributed by atoms with E-state index in [-0.39, 0.29) is 24.1 Å². The van der Waals surface area contributed by atoms with E-state index in [1.54, 1.807) is 36.4 Å². The molecule has 0 spiro atoms. The predicted octanol–water partition coefficient (Wildman–Crippen LogP) is 3.89. The van der Waals surface area contributed by atoms with E-state index in [4.69, 9.17) is 27.9 Å². The van der Waals surface area contributed by atoms with Crippen molar-refractivity contribution in [1.82, 2.24) is 5.32 Å². The van der Waals surface area contributed by atoms with Gasteiger partial charge in [-0.15, -0.1) is 0 Å². The van der Waals surface area contributed by atoms with Gasteiger partial charge >= 0.3 is 0 Å². The van der Waals surface area contributed by atoms with E-state index in [0.717, 1.165) is 4.47 Å². The Kier molecular flexibility index (Phi) is 6.90. The summed E-state index contributed by atoms with van der Waals surface area (Å²) in [6.45, 7) is -0.449. The third kappa shape index (κ3) is 5.40. The van der Waals surface area contributed by atoms with Crippen LogP contribution in [0.1, 0.15) is 0 Å².